The van der Waals surface area contributed by atoms with E-state index in [2.05, 4.69) is 50.6 Å². The van der Waals surface area contributed by atoms with Crippen LogP contribution in [-0.4, -0.2) is 50.1 Å². The zero-order valence-electron chi connectivity index (χ0n) is 29.5. The normalized spacial score (nSPS) is 18.6. The van der Waals surface area contributed by atoms with E-state index in [4.69, 9.17) is 19.1 Å². The summed E-state index contributed by atoms with van der Waals surface area (Å²) in [5, 5.41) is 5.27. The fourth-order valence-corrected chi connectivity index (χ4v) is 7.38. The first-order chi connectivity index (χ1) is 22.4. The fraction of sp³-hybridized carbons (Fsp3) is 0.528. The molecule has 1 aliphatic rings. The van der Waals surface area contributed by atoms with Gasteiger partial charge in [-0.1, -0.05) is 39.8 Å². The number of pyridine rings is 2. The number of hydrogen-bond acceptors (Lipinski definition) is 6. The van der Waals surface area contributed by atoms with Crippen LogP contribution in [0.2, 0.25) is 18.1 Å². The van der Waals surface area contributed by atoms with Gasteiger partial charge in [-0.25, -0.2) is 27.4 Å². The molecule has 0 saturated heterocycles. The maximum Gasteiger partial charge on any atom is 0.272 e. The minimum Gasteiger partial charge on any atom is -0.487 e. The van der Waals surface area contributed by atoms with Crippen LogP contribution in [0.25, 0.3) is 28.0 Å². The standard InChI is InChI=1S/C36H49F2N5O3SSi/c1-23-16-25(17-23)34(42-47(44)35(2,3)4)29-14-11-13-28(41-29)24-18-30-27(31(19-24)45-22-32(37)38)20-39-43(30)33-15-10-12-26(40-33)21-46-48(8,9)36(5,6)7/h10-15,18-20,23,25,32,34,42H,16-17,21-22H2,1-9H3/t23?,25?,34-,47?/m0/s1. The van der Waals surface area contributed by atoms with Gasteiger partial charge in [0, 0.05) is 5.56 Å². The number of alkyl halides is 2. The number of ether oxygens (including phenoxy) is 1. The van der Waals surface area contributed by atoms with Crippen molar-refractivity contribution in [3.63, 3.8) is 0 Å². The first kappa shape index (κ1) is 36.2. The Morgan fingerprint density at radius 1 is 1.04 bits per heavy atom. The molecular weight excluding hydrogens is 649 g/mol. The highest BCUT2D eigenvalue weighted by molar-refractivity contribution is 7.84. The lowest BCUT2D eigenvalue weighted by Crippen LogP contribution is -2.42. The van der Waals surface area contributed by atoms with E-state index in [1.165, 1.54) is 0 Å². The van der Waals surface area contributed by atoms with Crippen molar-refractivity contribution in [2.45, 2.75) is 103 Å². The van der Waals surface area contributed by atoms with Gasteiger partial charge < -0.3 is 9.16 Å². The molecule has 3 heterocycles. The van der Waals surface area contributed by atoms with Crippen LogP contribution in [0.4, 0.5) is 8.78 Å². The Morgan fingerprint density at radius 2 is 1.75 bits per heavy atom. The predicted molar refractivity (Wildman–Crippen MR) is 191 cm³/mol. The third-order valence-electron chi connectivity index (χ3n) is 9.47. The van der Waals surface area contributed by atoms with Gasteiger partial charge in [0.15, 0.2) is 14.1 Å². The topological polar surface area (TPSA) is 91.2 Å². The summed E-state index contributed by atoms with van der Waals surface area (Å²) >= 11 is 0. The zero-order valence-corrected chi connectivity index (χ0v) is 31.3. The first-order valence-corrected chi connectivity index (χ1v) is 20.7. The Hall–Kier alpha value is -3.06. The molecule has 0 radical (unpaired) electrons. The third kappa shape index (κ3) is 8.20. The lowest BCUT2D eigenvalue weighted by Gasteiger charge is -2.39. The predicted octanol–water partition coefficient (Wildman–Crippen LogP) is 8.79. The molecule has 0 bridgehead atoms. The first-order valence-electron chi connectivity index (χ1n) is 16.6. The largest absolute Gasteiger partial charge is 0.487 e. The van der Waals surface area contributed by atoms with Crippen LogP contribution >= 0.6 is 0 Å². The molecular formula is C36H49F2N5O3SSi. The molecule has 48 heavy (non-hydrogen) atoms. The zero-order chi connectivity index (χ0) is 35.0. The summed E-state index contributed by atoms with van der Waals surface area (Å²) in [5.74, 6) is 1.78. The van der Waals surface area contributed by atoms with Gasteiger partial charge in [-0.15, -0.1) is 0 Å². The van der Waals surface area contributed by atoms with Crippen molar-refractivity contribution in [2.24, 2.45) is 11.8 Å². The van der Waals surface area contributed by atoms with Crippen molar-refractivity contribution < 1.29 is 22.2 Å². The highest BCUT2D eigenvalue weighted by atomic mass is 32.2. The Morgan fingerprint density at radius 3 is 2.40 bits per heavy atom. The lowest BCUT2D eigenvalue weighted by atomic mass is 9.71. The van der Waals surface area contributed by atoms with E-state index in [9.17, 15) is 13.0 Å². The van der Waals surface area contributed by atoms with Gasteiger partial charge in [0.05, 0.1) is 62.6 Å². The Balaban J connectivity index is 1.54. The second kappa shape index (κ2) is 14.0. The van der Waals surface area contributed by atoms with Crippen molar-refractivity contribution in [1.82, 2.24) is 24.5 Å². The number of hydrogen-bond donors (Lipinski definition) is 1. The third-order valence-corrected chi connectivity index (χ3v) is 15.5. The van der Waals surface area contributed by atoms with Crippen molar-refractivity contribution in [1.29, 1.82) is 0 Å². The summed E-state index contributed by atoms with van der Waals surface area (Å²) in [4.78, 5) is 9.93. The maximum atomic E-state index is 13.4. The molecule has 0 spiro atoms. The van der Waals surface area contributed by atoms with Crippen molar-refractivity contribution in [2.75, 3.05) is 6.61 Å². The average molecular weight is 698 g/mol. The highest BCUT2D eigenvalue weighted by Crippen LogP contribution is 2.43. The number of halogens is 2. The Bertz CT molecular complexity index is 1760. The molecule has 260 valence electrons. The average Bonchev–Trinajstić information content (AvgIpc) is 3.43. The molecule has 1 aromatic carbocycles. The number of nitrogens with one attached hydrogen (secondary N) is 1. The van der Waals surface area contributed by atoms with E-state index in [-0.39, 0.29) is 16.8 Å². The van der Waals surface area contributed by atoms with Crippen LogP contribution in [0.1, 0.15) is 78.7 Å². The summed E-state index contributed by atoms with van der Waals surface area (Å²) in [6.07, 6.45) is 1.02. The van der Waals surface area contributed by atoms with E-state index >= 15 is 0 Å². The van der Waals surface area contributed by atoms with Gasteiger partial charge in [0.1, 0.15) is 12.4 Å². The van der Waals surface area contributed by atoms with E-state index in [0.717, 1.165) is 24.2 Å². The van der Waals surface area contributed by atoms with E-state index in [1.807, 2.05) is 63.2 Å². The second-order valence-corrected chi connectivity index (χ2v) is 22.3. The molecule has 4 aromatic rings. The molecule has 1 N–H and O–H groups in total. The second-order valence-electron chi connectivity index (χ2n) is 15.5. The fourth-order valence-electron chi connectivity index (χ4n) is 5.55. The minimum atomic E-state index is -2.64. The van der Waals surface area contributed by atoms with Gasteiger partial charge >= 0.3 is 0 Å². The molecule has 1 saturated carbocycles. The molecule has 0 amide bonds. The van der Waals surface area contributed by atoms with Gasteiger partial charge in [-0.3, -0.25) is 4.98 Å². The molecule has 1 unspecified atom stereocenters. The molecule has 2 atom stereocenters. The summed E-state index contributed by atoms with van der Waals surface area (Å²) in [7, 11) is -3.28. The van der Waals surface area contributed by atoms with Gasteiger partial charge in [0.25, 0.3) is 6.43 Å². The van der Waals surface area contributed by atoms with E-state index < -0.39 is 37.1 Å². The smallest absolute Gasteiger partial charge is 0.272 e. The number of nitrogens with zero attached hydrogens (tertiary/aromatic N) is 4. The molecule has 3 aromatic heterocycles. The Kier molecular flexibility index (Phi) is 10.6. The number of benzene rings is 1. The van der Waals surface area contributed by atoms with Gasteiger partial charge in [-0.05, 0) is 100.0 Å². The van der Waals surface area contributed by atoms with Crippen molar-refractivity contribution in [3.05, 3.63) is 66.1 Å². The van der Waals surface area contributed by atoms with Crippen LogP contribution in [-0.2, 0) is 22.0 Å². The van der Waals surface area contributed by atoms with Crippen LogP contribution in [0.5, 0.6) is 5.75 Å². The molecule has 8 nitrogen and oxygen atoms in total. The monoisotopic (exact) mass is 697 g/mol. The van der Waals surface area contributed by atoms with Crippen molar-refractivity contribution in [3.8, 4) is 22.8 Å². The number of fused-ring (bicyclic) bond motifs is 1. The lowest BCUT2D eigenvalue weighted by molar-refractivity contribution is 0.0827. The van der Waals surface area contributed by atoms with Crippen molar-refractivity contribution >= 4 is 30.2 Å². The Labute approximate surface area is 286 Å². The van der Waals surface area contributed by atoms with Gasteiger partial charge in [0.2, 0.25) is 0 Å². The summed E-state index contributed by atoms with van der Waals surface area (Å²) in [6.45, 7) is 18.7. The highest BCUT2D eigenvalue weighted by Gasteiger charge is 2.38. The summed E-state index contributed by atoms with van der Waals surface area (Å²) in [5.41, 5.74) is 3.55. The molecule has 1 fully saturated rings. The minimum absolute atomic E-state index is 0.0647. The summed E-state index contributed by atoms with van der Waals surface area (Å²) in [6, 6.07) is 15.0. The van der Waals surface area contributed by atoms with E-state index in [1.54, 1.807) is 16.9 Å². The van der Waals surface area contributed by atoms with E-state index in [0.29, 0.717) is 46.4 Å². The van der Waals surface area contributed by atoms with Crippen LogP contribution < -0.4 is 9.46 Å². The van der Waals surface area contributed by atoms with Crippen LogP contribution in [0.15, 0.2) is 54.7 Å². The number of rotatable bonds is 12. The van der Waals surface area contributed by atoms with Crippen LogP contribution in [0.3, 0.4) is 0 Å². The molecule has 5 rings (SSSR count). The maximum absolute atomic E-state index is 13.4. The van der Waals surface area contributed by atoms with Gasteiger partial charge in [-0.2, -0.15) is 5.10 Å². The molecule has 1 aliphatic carbocycles. The molecule has 0 aliphatic heterocycles. The number of aromatic nitrogens is 4. The SMILES string of the molecule is CC1CC([C@H](NS(=O)C(C)(C)C)c2cccc(-c3cc(OCC(F)F)c4cnn(-c5cccc(CO[Si](C)(C)C(C)(C)C)n5)c4c3)n2)C1. The quantitative estimate of drug-likeness (QED) is 0.149. The van der Waals surface area contributed by atoms with Crippen LogP contribution in [0, 0.1) is 11.8 Å². The summed E-state index contributed by atoms with van der Waals surface area (Å²) < 4.78 is 56.6. The molecule has 12 heteroatoms.